The molecule has 0 heterocycles. The van der Waals surface area contributed by atoms with Crippen LogP contribution in [0.25, 0.3) is 0 Å². The summed E-state index contributed by atoms with van der Waals surface area (Å²) in [5.74, 6) is 0.761. The number of amides is 1. The van der Waals surface area contributed by atoms with Crippen molar-refractivity contribution in [2.24, 2.45) is 5.92 Å². The lowest BCUT2D eigenvalue weighted by Crippen LogP contribution is -2.29. The summed E-state index contributed by atoms with van der Waals surface area (Å²) in [6.07, 6.45) is 6.92. The number of halogens is 1. The van der Waals surface area contributed by atoms with Crippen molar-refractivity contribution in [3.63, 3.8) is 0 Å². The molecule has 1 aliphatic rings. The second-order valence-electron chi connectivity index (χ2n) is 4.62. The van der Waals surface area contributed by atoms with E-state index in [-0.39, 0.29) is 11.7 Å². The minimum Gasteiger partial charge on any atom is -0.492 e. The number of nitrogens with one attached hydrogen (secondary N) is 1. The molecule has 19 heavy (non-hydrogen) atoms. The van der Waals surface area contributed by atoms with Gasteiger partial charge in [0.1, 0.15) is 18.2 Å². The van der Waals surface area contributed by atoms with E-state index < -0.39 is 0 Å². The molecule has 102 valence electrons. The number of rotatable bonds is 6. The van der Waals surface area contributed by atoms with Crippen LogP contribution in [-0.2, 0) is 4.79 Å². The van der Waals surface area contributed by atoms with Gasteiger partial charge < -0.3 is 10.1 Å². The van der Waals surface area contributed by atoms with Gasteiger partial charge in [-0.05, 0) is 43.0 Å². The van der Waals surface area contributed by atoms with E-state index in [2.05, 4.69) is 17.5 Å². The summed E-state index contributed by atoms with van der Waals surface area (Å²) >= 11 is 0. The van der Waals surface area contributed by atoms with Gasteiger partial charge in [0.2, 0.25) is 5.91 Å². The Kier molecular flexibility index (Phi) is 4.95. The number of carbonyl (C=O) groups excluding carboxylic acids is 1. The molecule has 2 rings (SSSR count). The van der Waals surface area contributed by atoms with Crippen LogP contribution in [0.4, 0.5) is 4.39 Å². The summed E-state index contributed by atoms with van der Waals surface area (Å²) in [5.41, 5.74) is 0. The highest BCUT2D eigenvalue weighted by molar-refractivity contribution is 5.76. The third-order valence-corrected chi connectivity index (χ3v) is 3.07. The molecular formula is C15H18FNO2. The monoisotopic (exact) mass is 263 g/mol. The van der Waals surface area contributed by atoms with E-state index in [9.17, 15) is 9.18 Å². The first-order valence-corrected chi connectivity index (χ1v) is 6.56. The summed E-state index contributed by atoms with van der Waals surface area (Å²) in [7, 11) is 0. The quantitative estimate of drug-likeness (QED) is 0.633. The number of ether oxygens (including phenoxy) is 1. The largest absolute Gasteiger partial charge is 0.492 e. The van der Waals surface area contributed by atoms with Gasteiger partial charge in [0.05, 0.1) is 6.54 Å². The first kappa shape index (κ1) is 13.6. The van der Waals surface area contributed by atoms with Crippen LogP contribution >= 0.6 is 0 Å². The van der Waals surface area contributed by atoms with Crippen molar-refractivity contribution in [3.05, 3.63) is 42.2 Å². The standard InChI is InChI=1S/C15H18FNO2/c16-13-5-7-14(8-6-13)19-10-9-17-15(18)11-12-3-1-2-4-12/h1,3,5-8,12H,2,4,9-11H2,(H,17,18)/t12-/m0/s1. The molecule has 0 fully saturated rings. The van der Waals surface area contributed by atoms with E-state index in [1.165, 1.54) is 12.1 Å². The van der Waals surface area contributed by atoms with E-state index >= 15 is 0 Å². The van der Waals surface area contributed by atoms with E-state index in [0.29, 0.717) is 31.2 Å². The smallest absolute Gasteiger partial charge is 0.220 e. The van der Waals surface area contributed by atoms with Crippen molar-refractivity contribution in [1.82, 2.24) is 5.32 Å². The molecule has 0 saturated carbocycles. The molecule has 1 atom stereocenters. The molecule has 1 amide bonds. The maximum absolute atomic E-state index is 12.7. The lowest BCUT2D eigenvalue weighted by Gasteiger charge is -2.09. The van der Waals surface area contributed by atoms with Crippen molar-refractivity contribution < 1.29 is 13.9 Å². The van der Waals surface area contributed by atoms with Gasteiger partial charge in [-0.1, -0.05) is 12.2 Å². The summed E-state index contributed by atoms with van der Waals surface area (Å²) in [6.45, 7) is 0.852. The van der Waals surface area contributed by atoms with Crippen molar-refractivity contribution in [1.29, 1.82) is 0 Å². The van der Waals surface area contributed by atoms with E-state index in [1.54, 1.807) is 12.1 Å². The molecule has 1 N–H and O–H groups in total. The predicted octanol–water partition coefficient (Wildman–Crippen LogP) is 2.68. The highest BCUT2D eigenvalue weighted by Crippen LogP contribution is 2.19. The first-order chi connectivity index (χ1) is 9.24. The molecule has 0 aliphatic heterocycles. The third kappa shape index (κ3) is 4.73. The highest BCUT2D eigenvalue weighted by atomic mass is 19.1. The zero-order valence-electron chi connectivity index (χ0n) is 10.8. The topological polar surface area (TPSA) is 38.3 Å². The molecule has 0 saturated heterocycles. The fourth-order valence-corrected chi connectivity index (χ4v) is 2.07. The van der Waals surface area contributed by atoms with Crippen LogP contribution in [0.1, 0.15) is 19.3 Å². The summed E-state index contributed by atoms with van der Waals surface area (Å²) in [6, 6.07) is 5.83. The molecule has 1 aromatic carbocycles. The molecule has 1 aromatic rings. The Morgan fingerprint density at radius 2 is 2.16 bits per heavy atom. The first-order valence-electron chi connectivity index (χ1n) is 6.56. The summed E-state index contributed by atoms with van der Waals surface area (Å²) < 4.78 is 18.0. The van der Waals surface area contributed by atoms with Crippen molar-refractivity contribution >= 4 is 5.91 Å². The van der Waals surface area contributed by atoms with Crippen LogP contribution in [0.15, 0.2) is 36.4 Å². The minimum atomic E-state index is -0.287. The van der Waals surface area contributed by atoms with E-state index in [0.717, 1.165) is 12.8 Å². The zero-order chi connectivity index (χ0) is 13.5. The van der Waals surface area contributed by atoms with Gasteiger partial charge in [0.15, 0.2) is 0 Å². The van der Waals surface area contributed by atoms with Gasteiger partial charge >= 0.3 is 0 Å². The van der Waals surface area contributed by atoms with Crippen molar-refractivity contribution in [2.75, 3.05) is 13.2 Å². The summed E-state index contributed by atoms with van der Waals surface area (Å²) in [4.78, 5) is 11.6. The lowest BCUT2D eigenvalue weighted by atomic mass is 10.1. The lowest BCUT2D eigenvalue weighted by molar-refractivity contribution is -0.121. The Bertz CT molecular complexity index is 442. The van der Waals surface area contributed by atoms with Crippen molar-refractivity contribution in [2.45, 2.75) is 19.3 Å². The molecule has 4 heteroatoms. The molecule has 0 spiro atoms. The second-order valence-corrected chi connectivity index (χ2v) is 4.62. The van der Waals surface area contributed by atoms with Gasteiger partial charge in [-0.3, -0.25) is 4.79 Å². The van der Waals surface area contributed by atoms with Gasteiger partial charge in [-0.2, -0.15) is 0 Å². The number of benzene rings is 1. The van der Waals surface area contributed by atoms with Gasteiger partial charge in [0, 0.05) is 6.42 Å². The maximum atomic E-state index is 12.7. The molecule has 0 aromatic heterocycles. The van der Waals surface area contributed by atoms with Gasteiger partial charge in [0.25, 0.3) is 0 Å². The number of carbonyl (C=O) groups is 1. The number of hydrogen-bond acceptors (Lipinski definition) is 2. The zero-order valence-corrected chi connectivity index (χ0v) is 10.8. The van der Waals surface area contributed by atoms with Crippen LogP contribution < -0.4 is 10.1 Å². The SMILES string of the molecule is O=C(C[C@H]1C=CCC1)NCCOc1ccc(F)cc1. The van der Waals surface area contributed by atoms with Gasteiger partial charge in [-0.15, -0.1) is 0 Å². The fourth-order valence-electron chi connectivity index (χ4n) is 2.07. The average Bonchev–Trinajstić information content (AvgIpc) is 2.89. The van der Waals surface area contributed by atoms with Crippen LogP contribution in [0, 0.1) is 11.7 Å². The van der Waals surface area contributed by atoms with E-state index in [1.807, 2.05) is 0 Å². The molecule has 1 aliphatic carbocycles. The van der Waals surface area contributed by atoms with Crippen LogP contribution in [0.3, 0.4) is 0 Å². The fraction of sp³-hybridized carbons (Fsp3) is 0.400. The maximum Gasteiger partial charge on any atom is 0.220 e. The number of hydrogen-bond donors (Lipinski definition) is 1. The minimum absolute atomic E-state index is 0.0549. The molecule has 3 nitrogen and oxygen atoms in total. The second kappa shape index (κ2) is 6.92. The Labute approximate surface area is 112 Å². The Balaban J connectivity index is 1.59. The molecular weight excluding hydrogens is 245 g/mol. The number of allylic oxidation sites excluding steroid dienone is 2. The average molecular weight is 263 g/mol. The Morgan fingerprint density at radius 1 is 1.37 bits per heavy atom. The molecule has 0 unspecified atom stereocenters. The summed E-state index contributed by atoms with van der Waals surface area (Å²) in [5, 5.41) is 2.82. The van der Waals surface area contributed by atoms with Gasteiger partial charge in [-0.25, -0.2) is 4.39 Å². The Morgan fingerprint density at radius 3 is 2.84 bits per heavy atom. The van der Waals surface area contributed by atoms with Crippen LogP contribution in [-0.4, -0.2) is 19.1 Å². The Hall–Kier alpha value is -1.84. The molecule has 0 bridgehead atoms. The van der Waals surface area contributed by atoms with Crippen molar-refractivity contribution in [3.8, 4) is 5.75 Å². The highest BCUT2D eigenvalue weighted by Gasteiger charge is 2.13. The third-order valence-electron chi connectivity index (χ3n) is 3.07. The van der Waals surface area contributed by atoms with Crippen LogP contribution in [0.2, 0.25) is 0 Å². The van der Waals surface area contributed by atoms with E-state index in [4.69, 9.17) is 4.74 Å². The molecule has 0 radical (unpaired) electrons. The normalized spacial score (nSPS) is 17.4. The predicted molar refractivity (Wildman–Crippen MR) is 71.4 cm³/mol. The van der Waals surface area contributed by atoms with Crippen LogP contribution in [0.5, 0.6) is 5.75 Å².